The van der Waals surface area contributed by atoms with Crippen molar-refractivity contribution in [3.8, 4) is 0 Å². The molecule has 17 heavy (non-hydrogen) atoms. The third-order valence-corrected chi connectivity index (χ3v) is 3.47. The molecule has 0 spiro atoms. The molecule has 1 atom stereocenters. The Hall–Kier alpha value is -0.760. The van der Waals surface area contributed by atoms with Crippen LogP contribution in [-0.2, 0) is 0 Å². The third kappa shape index (κ3) is 4.55. The fraction of sp³-hybridized carbons (Fsp3) is 0.733. The van der Waals surface area contributed by atoms with Crippen molar-refractivity contribution in [1.82, 2.24) is 5.32 Å². The van der Waals surface area contributed by atoms with Gasteiger partial charge in [0.25, 0.3) is 0 Å². The Morgan fingerprint density at radius 3 is 2.35 bits per heavy atom. The lowest BCUT2D eigenvalue weighted by atomic mass is 9.93. The van der Waals surface area contributed by atoms with Gasteiger partial charge in [0.1, 0.15) is 11.5 Å². The van der Waals surface area contributed by atoms with Gasteiger partial charge in [-0.05, 0) is 44.4 Å². The summed E-state index contributed by atoms with van der Waals surface area (Å²) in [6.45, 7) is 9.83. The summed E-state index contributed by atoms with van der Waals surface area (Å²) in [6, 6.07) is 4.56. The average Bonchev–Trinajstić information content (AvgIpc) is 2.76. The summed E-state index contributed by atoms with van der Waals surface area (Å²) in [7, 11) is 0. The van der Waals surface area contributed by atoms with Gasteiger partial charge in [-0.15, -0.1) is 0 Å². The second-order valence-corrected chi connectivity index (χ2v) is 4.87. The van der Waals surface area contributed by atoms with Crippen molar-refractivity contribution in [1.29, 1.82) is 0 Å². The van der Waals surface area contributed by atoms with Crippen LogP contribution in [0.4, 0.5) is 0 Å². The zero-order chi connectivity index (χ0) is 12.7. The summed E-state index contributed by atoms with van der Waals surface area (Å²) in [5, 5.41) is 3.60. The first kappa shape index (κ1) is 14.3. The Morgan fingerprint density at radius 1 is 1.18 bits per heavy atom. The van der Waals surface area contributed by atoms with E-state index >= 15 is 0 Å². The van der Waals surface area contributed by atoms with E-state index in [2.05, 4.69) is 38.2 Å². The van der Waals surface area contributed by atoms with E-state index in [0.29, 0.717) is 6.04 Å². The summed E-state index contributed by atoms with van der Waals surface area (Å²) in [4.78, 5) is 0. The Morgan fingerprint density at radius 2 is 1.88 bits per heavy atom. The summed E-state index contributed by atoms with van der Waals surface area (Å²) in [6.07, 6.45) is 4.85. The van der Waals surface area contributed by atoms with Crippen LogP contribution in [0.2, 0.25) is 0 Å². The van der Waals surface area contributed by atoms with Crippen LogP contribution in [0.5, 0.6) is 0 Å². The molecule has 0 saturated carbocycles. The molecule has 1 N–H and O–H groups in total. The van der Waals surface area contributed by atoms with Gasteiger partial charge in [0, 0.05) is 0 Å². The molecule has 0 aliphatic carbocycles. The van der Waals surface area contributed by atoms with E-state index in [1.54, 1.807) is 0 Å². The van der Waals surface area contributed by atoms with Crippen LogP contribution in [0.1, 0.15) is 64.0 Å². The molecule has 1 rings (SSSR count). The van der Waals surface area contributed by atoms with Crippen molar-refractivity contribution in [2.24, 2.45) is 5.92 Å². The van der Waals surface area contributed by atoms with Crippen LogP contribution in [0.15, 0.2) is 16.5 Å². The Balaban J connectivity index is 2.66. The van der Waals surface area contributed by atoms with E-state index in [1.165, 1.54) is 25.7 Å². The third-order valence-electron chi connectivity index (χ3n) is 3.47. The van der Waals surface area contributed by atoms with Gasteiger partial charge in [-0.3, -0.25) is 0 Å². The van der Waals surface area contributed by atoms with Crippen molar-refractivity contribution in [3.05, 3.63) is 23.7 Å². The second kappa shape index (κ2) is 7.54. The Kier molecular flexibility index (Phi) is 6.35. The van der Waals surface area contributed by atoms with E-state index < -0.39 is 0 Å². The van der Waals surface area contributed by atoms with Gasteiger partial charge < -0.3 is 9.73 Å². The predicted molar refractivity (Wildman–Crippen MR) is 73.2 cm³/mol. The largest absolute Gasteiger partial charge is 0.465 e. The zero-order valence-electron chi connectivity index (χ0n) is 11.8. The maximum Gasteiger partial charge on any atom is 0.121 e. The molecule has 0 fully saturated rings. The monoisotopic (exact) mass is 237 g/mol. The van der Waals surface area contributed by atoms with Gasteiger partial charge in [-0.1, -0.05) is 33.6 Å². The maximum atomic E-state index is 5.77. The molecule has 1 heterocycles. The van der Waals surface area contributed by atoms with Crippen molar-refractivity contribution in [3.63, 3.8) is 0 Å². The number of nitrogens with one attached hydrogen (secondary N) is 1. The minimum absolute atomic E-state index is 0.383. The van der Waals surface area contributed by atoms with Crippen LogP contribution in [0.25, 0.3) is 0 Å². The molecule has 1 aromatic heterocycles. The quantitative estimate of drug-likeness (QED) is 0.722. The fourth-order valence-corrected chi connectivity index (χ4v) is 2.21. The summed E-state index contributed by atoms with van der Waals surface area (Å²) in [5.41, 5.74) is 0. The molecule has 0 aromatic carbocycles. The number of hydrogen-bond donors (Lipinski definition) is 1. The van der Waals surface area contributed by atoms with E-state index in [9.17, 15) is 0 Å². The molecule has 0 saturated heterocycles. The first-order chi connectivity index (χ1) is 8.21. The van der Waals surface area contributed by atoms with Gasteiger partial charge in [0.2, 0.25) is 0 Å². The smallest absolute Gasteiger partial charge is 0.121 e. The molecule has 2 nitrogen and oxygen atoms in total. The van der Waals surface area contributed by atoms with Gasteiger partial charge >= 0.3 is 0 Å². The van der Waals surface area contributed by atoms with Crippen molar-refractivity contribution >= 4 is 0 Å². The van der Waals surface area contributed by atoms with Crippen LogP contribution in [0.3, 0.4) is 0 Å². The van der Waals surface area contributed by atoms with E-state index in [1.807, 2.05) is 6.92 Å². The highest BCUT2D eigenvalue weighted by molar-refractivity contribution is 5.09. The highest BCUT2D eigenvalue weighted by Crippen LogP contribution is 2.26. The predicted octanol–water partition coefficient (Wildman–Crippen LogP) is 4.46. The number of furan rings is 1. The summed E-state index contributed by atoms with van der Waals surface area (Å²) >= 11 is 0. The Labute approximate surface area is 106 Å². The average molecular weight is 237 g/mol. The SMILES string of the molecule is CCCNC(CC(CC)CC)c1ccc(C)o1. The molecule has 0 aliphatic rings. The first-order valence-corrected chi connectivity index (χ1v) is 7.00. The van der Waals surface area contributed by atoms with E-state index in [0.717, 1.165) is 24.0 Å². The zero-order valence-corrected chi connectivity index (χ0v) is 11.8. The molecular weight excluding hydrogens is 210 g/mol. The van der Waals surface area contributed by atoms with Gasteiger partial charge in [0.15, 0.2) is 0 Å². The lowest BCUT2D eigenvalue weighted by Gasteiger charge is -2.21. The van der Waals surface area contributed by atoms with E-state index in [-0.39, 0.29) is 0 Å². The number of hydrogen-bond acceptors (Lipinski definition) is 2. The summed E-state index contributed by atoms with van der Waals surface area (Å²) < 4.78 is 5.77. The second-order valence-electron chi connectivity index (χ2n) is 4.87. The van der Waals surface area contributed by atoms with Gasteiger partial charge in [-0.25, -0.2) is 0 Å². The minimum atomic E-state index is 0.383. The molecule has 2 heteroatoms. The number of rotatable bonds is 8. The first-order valence-electron chi connectivity index (χ1n) is 7.00. The molecule has 1 unspecified atom stereocenters. The molecule has 0 amide bonds. The van der Waals surface area contributed by atoms with Gasteiger partial charge in [-0.2, -0.15) is 0 Å². The lowest BCUT2D eigenvalue weighted by molar-refractivity contribution is 0.324. The fourth-order valence-electron chi connectivity index (χ4n) is 2.21. The number of aryl methyl sites for hydroxylation is 1. The molecule has 1 aromatic rings. The standard InChI is InChI=1S/C15H27NO/c1-5-10-16-14(11-13(6-2)7-3)15-9-8-12(4)17-15/h8-9,13-14,16H,5-7,10-11H2,1-4H3. The maximum absolute atomic E-state index is 5.77. The highest BCUT2D eigenvalue weighted by Gasteiger charge is 2.18. The van der Waals surface area contributed by atoms with Crippen molar-refractivity contribution in [2.75, 3.05) is 6.54 Å². The molecule has 98 valence electrons. The molecule has 0 aliphatic heterocycles. The van der Waals surface area contributed by atoms with Crippen molar-refractivity contribution in [2.45, 2.75) is 59.4 Å². The minimum Gasteiger partial charge on any atom is -0.465 e. The Bertz CT molecular complexity index is 302. The normalized spacial score (nSPS) is 13.2. The summed E-state index contributed by atoms with van der Waals surface area (Å²) in [5.74, 6) is 2.89. The van der Waals surface area contributed by atoms with Crippen LogP contribution in [-0.4, -0.2) is 6.54 Å². The lowest BCUT2D eigenvalue weighted by Crippen LogP contribution is -2.24. The molecule has 0 radical (unpaired) electrons. The highest BCUT2D eigenvalue weighted by atomic mass is 16.3. The molecular formula is C15H27NO. The topological polar surface area (TPSA) is 25.2 Å². The van der Waals surface area contributed by atoms with Crippen molar-refractivity contribution < 1.29 is 4.42 Å². The van der Waals surface area contributed by atoms with E-state index in [4.69, 9.17) is 4.42 Å². The molecule has 0 bridgehead atoms. The van der Waals surface area contributed by atoms with Crippen LogP contribution < -0.4 is 5.32 Å². The van der Waals surface area contributed by atoms with Crippen LogP contribution in [0, 0.1) is 12.8 Å². The van der Waals surface area contributed by atoms with Gasteiger partial charge in [0.05, 0.1) is 6.04 Å². The van der Waals surface area contributed by atoms with Crippen LogP contribution >= 0.6 is 0 Å².